The summed E-state index contributed by atoms with van der Waals surface area (Å²) in [4.78, 5) is 14.8. The molecule has 5 nitrogen and oxygen atoms in total. The van der Waals surface area contributed by atoms with Crippen LogP contribution in [0.3, 0.4) is 0 Å². The summed E-state index contributed by atoms with van der Waals surface area (Å²) in [6.07, 6.45) is 12.1. The van der Waals surface area contributed by atoms with Crippen molar-refractivity contribution in [2.24, 2.45) is 11.8 Å². The summed E-state index contributed by atoms with van der Waals surface area (Å²) < 4.78 is 2.08. The molecule has 0 saturated carbocycles. The molecule has 0 radical (unpaired) electrons. The molecule has 26 heavy (non-hydrogen) atoms. The highest BCUT2D eigenvalue weighted by Crippen LogP contribution is 2.26. The maximum Gasteiger partial charge on any atom is 0.226 e. The standard InChI is InChI=1S/C21H26N4O/c26-21(18-7-3-1-4-8-18)24-13-11-17(12-14-24)15-20-23-22-16-25(20)19-9-5-2-6-10-19/h1-3,5-6,9-10,16-18H,4,7-8,11-15H2/t18-/m1/s1. The van der Waals surface area contributed by atoms with E-state index in [2.05, 4.69) is 43.9 Å². The number of carbonyl (C=O) groups excluding carboxylic acids is 1. The molecule has 1 aliphatic heterocycles. The quantitative estimate of drug-likeness (QED) is 0.794. The molecule has 1 aliphatic carbocycles. The lowest BCUT2D eigenvalue weighted by Gasteiger charge is -2.34. The van der Waals surface area contributed by atoms with Crippen LogP contribution in [0.5, 0.6) is 0 Å². The van der Waals surface area contributed by atoms with Crippen LogP contribution >= 0.6 is 0 Å². The zero-order valence-electron chi connectivity index (χ0n) is 15.1. The number of rotatable bonds is 4. The van der Waals surface area contributed by atoms with Gasteiger partial charge in [-0.2, -0.15) is 0 Å². The highest BCUT2D eigenvalue weighted by Gasteiger charge is 2.28. The van der Waals surface area contributed by atoms with E-state index in [1.165, 1.54) is 0 Å². The lowest BCUT2D eigenvalue weighted by Crippen LogP contribution is -2.42. The second-order valence-electron chi connectivity index (χ2n) is 7.41. The van der Waals surface area contributed by atoms with Gasteiger partial charge in [-0.15, -0.1) is 10.2 Å². The maximum absolute atomic E-state index is 12.7. The van der Waals surface area contributed by atoms with Gasteiger partial charge in [0.25, 0.3) is 0 Å². The predicted molar refractivity (Wildman–Crippen MR) is 101 cm³/mol. The molecule has 1 amide bonds. The fourth-order valence-electron chi connectivity index (χ4n) is 4.09. The highest BCUT2D eigenvalue weighted by molar-refractivity contribution is 5.79. The van der Waals surface area contributed by atoms with Gasteiger partial charge in [0.15, 0.2) is 0 Å². The van der Waals surface area contributed by atoms with Gasteiger partial charge in [0.1, 0.15) is 12.2 Å². The van der Waals surface area contributed by atoms with Crippen LogP contribution in [0, 0.1) is 11.8 Å². The van der Waals surface area contributed by atoms with E-state index in [1.807, 2.05) is 18.2 Å². The van der Waals surface area contributed by atoms with Crippen molar-refractivity contribution in [1.82, 2.24) is 19.7 Å². The molecule has 5 heteroatoms. The van der Waals surface area contributed by atoms with Crippen LogP contribution in [0.1, 0.15) is 37.9 Å². The van der Waals surface area contributed by atoms with Crippen LogP contribution in [0.4, 0.5) is 0 Å². The highest BCUT2D eigenvalue weighted by atomic mass is 16.2. The third kappa shape index (κ3) is 3.71. The average molecular weight is 350 g/mol. The average Bonchev–Trinajstić information content (AvgIpc) is 3.17. The van der Waals surface area contributed by atoms with E-state index in [-0.39, 0.29) is 5.92 Å². The number of aromatic nitrogens is 3. The van der Waals surface area contributed by atoms with Crippen molar-refractivity contribution in [3.8, 4) is 5.69 Å². The van der Waals surface area contributed by atoms with Crippen molar-refractivity contribution in [1.29, 1.82) is 0 Å². The molecule has 0 bridgehead atoms. The van der Waals surface area contributed by atoms with Gasteiger partial charge >= 0.3 is 0 Å². The van der Waals surface area contributed by atoms with Gasteiger partial charge in [0.05, 0.1) is 0 Å². The van der Waals surface area contributed by atoms with Gasteiger partial charge < -0.3 is 4.90 Å². The molecule has 0 N–H and O–H groups in total. The number of allylic oxidation sites excluding steroid dienone is 2. The summed E-state index contributed by atoms with van der Waals surface area (Å²) in [6, 6.07) is 10.2. The van der Waals surface area contributed by atoms with E-state index >= 15 is 0 Å². The molecular formula is C21H26N4O. The molecule has 1 aromatic heterocycles. The first kappa shape index (κ1) is 17.0. The number of hydrogen-bond acceptors (Lipinski definition) is 3. The van der Waals surface area contributed by atoms with Crippen LogP contribution in [-0.4, -0.2) is 38.7 Å². The third-order valence-electron chi connectivity index (χ3n) is 5.67. The zero-order valence-corrected chi connectivity index (χ0v) is 15.1. The van der Waals surface area contributed by atoms with E-state index in [0.29, 0.717) is 11.8 Å². The van der Waals surface area contributed by atoms with E-state index < -0.39 is 0 Å². The van der Waals surface area contributed by atoms with E-state index in [4.69, 9.17) is 0 Å². The normalized spacial score (nSPS) is 21.1. The van der Waals surface area contributed by atoms with Crippen molar-refractivity contribution >= 4 is 5.91 Å². The summed E-state index contributed by atoms with van der Waals surface area (Å²) in [5, 5.41) is 8.45. The second kappa shape index (κ2) is 7.85. The third-order valence-corrected chi connectivity index (χ3v) is 5.67. The summed E-state index contributed by atoms with van der Waals surface area (Å²) in [5.41, 5.74) is 1.10. The van der Waals surface area contributed by atoms with Gasteiger partial charge in [0.2, 0.25) is 5.91 Å². The molecule has 1 atom stereocenters. The van der Waals surface area contributed by atoms with Crippen LogP contribution in [0.15, 0.2) is 48.8 Å². The number of benzene rings is 1. The fraction of sp³-hybridized carbons (Fsp3) is 0.476. The first-order valence-electron chi connectivity index (χ1n) is 9.69. The molecule has 2 aromatic rings. The Balaban J connectivity index is 1.34. The molecule has 1 fully saturated rings. The summed E-state index contributed by atoms with van der Waals surface area (Å²) in [7, 11) is 0. The van der Waals surface area contributed by atoms with Crippen molar-refractivity contribution in [2.45, 2.75) is 38.5 Å². The number of para-hydroxylation sites is 1. The Bertz CT molecular complexity index is 759. The first-order valence-corrected chi connectivity index (χ1v) is 9.69. The Hall–Kier alpha value is -2.43. The molecule has 2 aliphatic rings. The Morgan fingerprint density at radius 3 is 2.62 bits per heavy atom. The summed E-state index contributed by atoms with van der Waals surface area (Å²) >= 11 is 0. The molecule has 0 spiro atoms. The second-order valence-corrected chi connectivity index (χ2v) is 7.41. The summed E-state index contributed by atoms with van der Waals surface area (Å²) in [5.74, 6) is 2.15. The number of piperidine rings is 1. The van der Waals surface area contributed by atoms with Gasteiger partial charge in [-0.05, 0) is 50.2 Å². The van der Waals surface area contributed by atoms with Crippen LogP contribution < -0.4 is 0 Å². The zero-order chi connectivity index (χ0) is 17.8. The predicted octanol–water partition coefficient (Wildman–Crippen LogP) is 3.40. The van der Waals surface area contributed by atoms with Crippen LogP contribution in [0.2, 0.25) is 0 Å². The van der Waals surface area contributed by atoms with E-state index in [1.54, 1.807) is 6.33 Å². The van der Waals surface area contributed by atoms with Gasteiger partial charge in [-0.3, -0.25) is 9.36 Å². The Morgan fingerprint density at radius 1 is 1.08 bits per heavy atom. The lowest BCUT2D eigenvalue weighted by molar-refractivity contribution is -0.137. The van der Waals surface area contributed by atoms with E-state index in [9.17, 15) is 4.79 Å². The van der Waals surface area contributed by atoms with Gasteiger partial charge in [-0.1, -0.05) is 30.4 Å². The van der Waals surface area contributed by atoms with Crippen molar-refractivity contribution in [2.75, 3.05) is 13.1 Å². The smallest absolute Gasteiger partial charge is 0.226 e. The Morgan fingerprint density at radius 2 is 1.88 bits per heavy atom. The lowest BCUT2D eigenvalue weighted by atomic mass is 9.89. The minimum Gasteiger partial charge on any atom is -0.342 e. The largest absolute Gasteiger partial charge is 0.342 e. The van der Waals surface area contributed by atoms with Crippen molar-refractivity contribution < 1.29 is 4.79 Å². The summed E-state index contributed by atoms with van der Waals surface area (Å²) in [6.45, 7) is 1.76. The number of likely N-dealkylation sites (tertiary alicyclic amines) is 1. The maximum atomic E-state index is 12.7. The number of nitrogens with zero attached hydrogens (tertiary/aromatic N) is 4. The fourth-order valence-corrected chi connectivity index (χ4v) is 4.09. The van der Waals surface area contributed by atoms with E-state index in [0.717, 1.165) is 63.1 Å². The molecule has 1 aromatic carbocycles. The molecule has 2 heterocycles. The number of carbonyl (C=O) groups is 1. The number of hydrogen-bond donors (Lipinski definition) is 0. The van der Waals surface area contributed by atoms with Crippen molar-refractivity contribution in [3.63, 3.8) is 0 Å². The van der Waals surface area contributed by atoms with Crippen LogP contribution in [-0.2, 0) is 11.2 Å². The van der Waals surface area contributed by atoms with Gasteiger partial charge in [-0.25, -0.2) is 0 Å². The van der Waals surface area contributed by atoms with Crippen molar-refractivity contribution in [3.05, 3.63) is 54.6 Å². The van der Waals surface area contributed by atoms with Gasteiger partial charge in [0, 0.05) is 31.1 Å². The molecule has 4 rings (SSSR count). The molecule has 0 unspecified atom stereocenters. The molecule has 136 valence electrons. The van der Waals surface area contributed by atoms with Crippen LogP contribution in [0.25, 0.3) is 5.69 Å². The molecule has 1 saturated heterocycles. The minimum atomic E-state index is 0.206. The monoisotopic (exact) mass is 350 g/mol. The Labute approximate surface area is 154 Å². The first-order chi connectivity index (χ1) is 12.8. The SMILES string of the molecule is O=C([C@@H]1CC=CCC1)N1CCC(Cc2nncn2-c2ccccc2)CC1. The Kier molecular flexibility index (Phi) is 5.14. The molecular weight excluding hydrogens is 324 g/mol. The topological polar surface area (TPSA) is 51.0 Å². The number of amides is 1. The minimum absolute atomic E-state index is 0.206.